The third kappa shape index (κ3) is 3.44. The quantitative estimate of drug-likeness (QED) is 0.882. The van der Waals surface area contributed by atoms with E-state index in [1.807, 2.05) is 24.3 Å². The Balaban J connectivity index is 2.16. The molecule has 1 heterocycles. The van der Waals surface area contributed by atoms with E-state index in [-0.39, 0.29) is 6.61 Å². The lowest BCUT2D eigenvalue weighted by molar-refractivity contribution is 0.299. The number of aromatic nitrogens is 1. The molecule has 0 atom stereocenters. The third-order valence-electron chi connectivity index (χ3n) is 2.70. The minimum Gasteiger partial charge on any atom is -0.438 e. The number of benzene rings is 1. The fraction of sp³-hybridized carbons (Fsp3) is 0.214. The van der Waals surface area contributed by atoms with Crippen LogP contribution < -0.4 is 10.5 Å². The van der Waals surface area contributed by atoms with E-state index in [0.717, 1.165) is 11.1 Å². The van der Waals surface area contributed by atoms with Crippen molar-refractivity contribution in [1.29, 1.82) is 0 Å². The number of nitrogens with zero attached hydrogens (tertiary/aromatic N) is 1. The van der Waals surface area contributed by atoms with Crippen molar-refractivity contribution >= 4 is 11.6 Å². The van der Waals surface area contributed by atoms with Gasteiger partial charge < -0.3 is 15.6 Å². The highest BCUT2D eigenvalue weighted by Gasteiger charge is 2.08. The van der Waals surface area contributed by atoms with Crippen molar-refractivity contribution < 1.29 is 9.84 Å². The van der Waals surface area contributed by atoms with E-state index in [9.17, 15) is 0 Å². The summed E-state index contributed by atoms with van der Waals surface area (Å²) in [5.41, 5.74) is 7.42. The lowest BCUT2D eigenvalue weighted by Crippen LogP contribution is -1.99. The zero-order valence-corrected chi connectivity index (χ0v) is 11.1. The molecule has 2 aromatic rings. The van der Waals surface area contributed by atoms with Gasteiger partial charge in [-0.3, -0.25) is 0 Å². The molecule has 0 amide bonds. The van der Waals surface area contributed by atoms with Crippen molar-refractivity contribution in [3.05, 3.63) is 52.7 Å². The second-order valence-corrected chi connectivity index (χ2v) is 4.39. The molecule has 4 nitrogen and oxygen atoms in total. The van der Waals surface area contributed by atoms with Crippen LogP contribution in [0.25, 0.3) is 0 Å². The van der Waals surface area contributed by atoms with Gasteiger partial charge in [0.1, 0.15) is 10.8 Å². The summed E-state index contributed by atoms with van der Waals surface area (Å²) in [5.74, 6) is 0.991. The number of rotatable bonds is 5. The Morgan fingerprint density at radius 2 is 1.95 bits per heavy atom. The van der Waals surface area contributed by atoms with Gasteiger partial charge in [0.05, 0.1) is 0 Å². The minimum atomic E-state index is 0.131. The topological polar surface area (TPSA) is 68.4 Å². The van der Waals surface area contributed by atoms with Crippen LogP contribution in [0.4, 0.5) is 0 Å². The molecule has 5 heteroatoms. The highest BCUT2D eigenvalue weighted by Crippen LogP contribution is 2.29. The molecule has 1 aromatic carbocycles. The number of aliphatic hydroxyl groups is 1. The first-order valence-corrected chi connectivity index (χ1v) is 6.33. The van der Waals surface area contributed by atoms with Crippen molar-refractivity contribution in [2.75, 3.05) is 6.61 Å². The smallest absolute Gasteiger partial charge is 0.238 e. The van der Waals surface area contributed by atoms with E-state index in [1.54, 1.807) is 12.3 Å². The van der Waals surface area contributed by atoms with Gasteiger partial charge in [-0.25, -0.2) is 4.98 Å². The molecule has 0 aliphatic carbocycles. The maximum atomic E-state index is 8.85. The van der Waals surface area contributed by atoms with Gasteiger partial charge >= 0.3 is 0 Å². The van der Waals surface area contributed by atoms with Gasteiger partial charge in [0.25, 0.3) is 0 Å². The molecular weight excluding hydrogens is 264 g/mol. The predicted octanol–water partition coefficient (Wildman–Crippen LogP) is 2.52. The zero-order valence-electron chi connectivity index (χ0n) is 10.3. The van der Waals surface area contributed by atoms with Crippen LogP contribution in [0.3, 0.4) is 0 Å². The molecule has 0 radical (unpaired) electrons. The van der Waals surface area contributed by atoms with Gasteiger partial charge in [-0.05, 0) is 35.7 Å². The van der Waals surface area contributed by atoms with Crippen LogP contribution in [0.2, 0.25) is 5.02 Å². The molecule has 0 bridgehead atoms. The van der Waals surface area contributed by atoms with Crippen LogP contribution in [-0.2, 0) is 13.0 Å². The van der Waals surface area contributed by atoms with Crippen LogP contribution >= 0.6 is 11.6 Å². The molecular formula is C14H15ClN2O2. The molecule has 0 fully saturated rings. The molecule has 3 N–H and O–H groups in total. The van der Waals surface area contributed by atoms with E-state index in [0.29, 0.717) is 29.6 Å². The van der Waals surface area contributed by atoms with E-state index in [2.05, 4.69) is 4.98 Å². The SMILES string of the molecule is NCc1ccnc(Oc2ccc(CCO)cc2)c1Cl. The highest BCUT2D eigenvalue weighted by atomic mass is 35.5. The van der Waals surface area contributed by atoms with E-state index < -0.39 is 0 Å². The molecule has 0 saturated heterocycles. The number of nitrogens with two attached hydrogens (primary N) is 1. The standard InChI is InChI=1S/C14H15ClN2O2/c15-13-11(9-16)5-7-17-14(13)19-12-3-1-10(2-4-12)6-8-18/h1-5,7,18H,6,8-9,16H2. The van der Waals surface area contributed by atoms with Crippen LogP contribution in [0, 0.1) is 0 Å². The Morgan fingerprint density at radius 1 is 1.21 bits per heavy atom. The number of hydrogen-bond donors (Lipinski definition) is 2. The first-order valence-electron chi connectivity index (χ1n) is 5.95. The van der Waals surface area contributed by atoms with Crippen molar-refractivity contribution in [3.63, 3.8) is 0 Å². The fourth-order valence-corrected chi connectivity index (χ4v) is 1.88. The normalized spacial score (nSPS) is 10.5. The molecule has 1 aromatic heterocycles. The van der Waals surface area contributed by atoms with Gasteiger partial charge in [-0.15, -0.1) is 0 Å². The Kier molecular flexibility index (Phi) is 4.74. The zero-order chi connectivity index (χ0) is 13.7. The van der Waals surface area contributed by atoms with Crippen molar-refractivity contribution in [2.24, 2.45) is 5.73 Å². The molecule has 100 valence electrons. The predicted molar refractivity (Wildman–Crippen MR) is 74.4 cm³/mol. The average molecular weight is 279 g/mol. The van der Waals surface area contributed by atoms with Gasteiger partial charge in [0.2, 0.25) is 5.88 Å². The van der Waals surface area contributed by atoms with Crippen LogP contribution in [0.1, 0.15) is 11.1 Å². The Bertz CT molecular complexity index is 544. The van der Waals surface area contributed by atoms with Crippen molar-refractivity contribution in [3.8, 4) is 11.6 Å². The number of ether oxygens (including phenoxy) is 1. The summed E-state index contributed by atoms with van der Waals surface area (Å²) in [5, 5.41) is 9.28. The summed E-state index contributed by atoms with van der Waals surface area (Å²) < 4.78 is 5.62. The number of halogens is 1. The van der Waals surface area contributed by atoms with Crippen LogP contribution in [0.5, 0.6) is 11.6 Å². The van der Waals surface area contributed by atoms with E-state index in [1.165, 1.54) is 0 Å². The average Bonchev–Trinajstić information content (AvgIpc) is 2.43. The number of aliphatic hydroxyl groups excluding tert-OH is 1. The van der Waals surface area contributed by atoms with Gasteiger partial charge in [-0.1, -0.05) is 23.7 Å². The summed E-state index contributed by atoms with van der Waals surface area (Å²) in [6.07, 6.45) is 2.24. The molecule has 0 aliphatic heterocycles. The summed E-state index contributed by atoms with van der Waals surface area (Å²) in [6.45, 7) is 0.472. The van der Waals surface area contributed by atoms with Gasteiger partial charge in [-0.2, -0.15) is 0 Å². The highest BCUT2D eigenvalue weighted by molar-refractivity contribution is 6.32. The molecule has 0 unspecified atom stereocenters. The minimum absolute atomic E-state index is 0.131. The van der Waals surface area contributed by atoms with Crippen LogP contribution in [0.15, 0.2) is 36.5 Å². The lowest BCUT2D eigenvalue weighted by atomic mass is 10.1. The Hall–Kier alpha value is -1.62. The number of pyridine rings is 1. The van der Waals surface area contributed by atoms with Gasteiger partial charge in [0.15, 0.2) is 0 Å². The molecule has 2 rings (SSSR count). The molecule has 0 aliphatic rings. The molecule has 0 saturated carbocycles. The van der Waals surface area contributed by atoms with Gasteiger partial charge in [0, 0.05) is 19.3 Å². The first kappa shape index (κ1) is 13.8. The summed E-state index contributed by atoms with van der Waals surface area (Å²) in [4.78, 5) is 4.09. The van der Waals surface area contributed by atoms with Crippen LogP contribution in [-0.4, -0.2) is 16.7 Å². The molecule has 0 spiro atoms. The summed E-state index contributed by atoms with van der Waals surface area (Å²) in [6, 6.07) is 9.19. The van der Waals surface area contributed by atoms with E-state index in [4.69, 9.17) is 27.2 Å². The monoisotopic (exact) mass is 278 g/mol. The maximum absolute atomic E-state index is 8.85. The second-order valence-electron chi connectivity index (χ2n) is 4.01. The van der Waals surface area contributed by atoms with Crippen molar-refractivity contribution in [2.45, 2.75) is 13.0 Å². The first-order chi connectivity index (χ1) is 9.24. The fourth-order valence-electron chi connectivity index (χ4n) is 1.66. The largest absolute Gasteiger partial charge is 0.438 e. The summed E-state index contributed by atoms with van der Waals surface area (Å²) >= 11 is 6.14. The lowest BCUT2D eigenvalue weighted by Gasteiger charge is -2.09. The second kappa shape index (κ2) is 6.52. The third-order valence-corrected chi connectivity index (χ3v) is 3.10. The van der Waals surface area contributed by atoms with Crippen molar-refractivity contribution in [1.82, 2.24) is 4.98 Å². The van der Waals surface area contributed by atoms with E-state index >= 15 is 0 Å². The molecule has 19 heavy (non-hydrogen) atoms. The maximum Gasteiger partial charge on any atom is 0.238 e. The summed E-state index contributed by atoms with van der Waals surface area (Å²) in [7, 11) is 0. The Labute approximate surface area is 116 Å². The Morgan fingerprint density at radius 3 is 2.58 bits per heavy atom. The number of hydrogen-bond acceptors (Lipinski definition) is 4.